The molecule has 0 aliphatic heterocycles. The van der Waals surface area contributed by atoms with Crippen molar-refractivity contribution in [2.75, 3.05) is 6.61 Å². The quantitative estimate of drug-likeness (QED) is 0.843. The van der Waals surface area contributed by atoms with E-state index in [1.54, 1.807) is 24.3 Å². The van der Waals surface area contributed by atoms with Gasteiger partial charge in [-0.25, -0.2) is 0 Å². The first-order valence-electron chi connectivity index (χ1n) is 7.06. The normalized spacial score (nSPS) is 15.7. The minimum absolute atomic E-state index is 0.0689. The van der Waals surface area contributed by atoms with E-state index in [-0.39, 0.29) is 18.6 Å². The van der Waals surface area contributed by atoms with Gasteiger partial charge in [-0.3, -0.25) is 4.79 Å². The van der Waals surface area contributed by atoms with Crippen LogP contribution in [0.15, 0.2) is 35.2 Å². The zero-order valence-electron chi connectivity index (χ0n) is 11.5. The third kappa shape index (κ3) is 3.28. The molecule has 3 rings (SSSR count). The fourth-order valence-electron chi connectivity index (χ4n) is 2.38. The van der Waals surface area contributed by atoms with Crippen molar-refractivity contribution in [1.29, 1.82) is 0 Å². The number of aromatic nitrogens is 2. The van der Waals surface area contributed by atoms with Crippen LogP contribution in [0.1, 0.15) is 29.6 Å². The molecule has 1 heterocycles. The van der Waals surface area contributed by atoms with E-state index >= 15 is 0 Å². The lowest BCUT2D eigenvalue weighted by Gasteiger charge is -2.17. The number of rotatable bonds is 6. The predicted octanol–water partition coefficient (Wildman–Crippen LogP) is 1.63. The van der Waals surface area contributed by atoms with Crippen LogP contribution in [0.4, 0.5) is 0 Å². The lowest BCUT2D eigenvalue weighted by atomic mass is 10.1. The Kier molecular flexibility index (Phi) is 3.96. The van der Waals surface area contributed by atoms with Crippen molar-refractivity contribution in [2.24, 2.45) is 5.92 Å². The largest absolute Gasteiger partial charge is 0.396 e. The number of carbonyl (C=O) groups excluding carboxylic acids is 1. The molecule has 2 N–H and O–H groups in total. The molecule has 0 saturated heterocycles. The molecule has 6 nitrogen and oxygen atoms in total. The van der Waals surface area contributed by atoms with Gasteiger partial charge in [-0.15, -0.1) is 0 Å². The molecule has 1 unspecified atom stereocenters. The molecule has 1 fully saturated rings. The van der Waals surface area contributed by atoms with Gasteiger partial charge in [0.1, 0.15) is 0 Å². The van der Waals surface area contributed by atoms with Crippen LogP contribution in [0.3, 0.4) is 0 Å². The molecule has 110 valence electrons. The first-order chi connectivity index (χ1) is 10.3. The van der Waals surface area contributed by atoms with Crippen LogP contribution in [-0.4, -0.2) is 33.8 Å². The molecule has 1 saturated carbocycles. The third-order valence-electron chi connectivity index (χ3n) is 3.71. The van der Waals surface area contributed by atoms with Gasteiger partial charge in [-0.1, -0.05) is 17.3 Å². The van der Waals surface area contributed by atoms with Crippen LogP contribution < -0.4 is 5.32 Å². The van der Waals surface area contributed by atoms with E-state index in [4.69, 9.17) is 9.63 Å². The molecule has 1 aromatic carbocycles. The molecular formula is C15H17N3O3. The molecule has 1 aliphatic rings. The lowest BCUT2D eigenvalue weighted by Crippen LogP contribution is -2.37. The molecule has 21 heavy (non-hydrogen) atoms. The van der Waals surface area contributed by atoms with Gasteiger partial charge in [0.15, 0.2) is 0 Å². The van der Waals surface area contributed by atoms with E-state index < -0.39 is 0 Å². The number of nitrogens with zero attached hydrogens (tertiary/aromatic N) is 2. The Hall–Kier alpha value is -2.21. The van der Waals surface area contributed by atoms with Crippen LogP contribution in [0.25, 0.3) is 11.4 Å². The number of amides is 1. The summed E-state index contributed by atoms with van der Waals surface area (Å²) in [4.78, 5) is 16.2. The van der Waals surface area contributed by atoms with Crippen LogP contribution in [0, 0.1) is 5.92 Å². The maximum absolute atomic E-state index is 12.2. The van der Waals surface area contributed by atoms with Crippen LogP contribution >= 0.6 is 0 Å². The Balaban J connectivity index is 1.67. The Bertz CT molecular complexity index is 591. The Morgan fingerprint density at radius 1 is 1.38 bits per heavy atom. The molecule has 1 aliphatic carbocycles. The van der Waals surface area contributed by atoms with E-state index in [1.165, 1.54) is 6.39 Å². The summed E-state index contributed by atoms with van der Waals surface area (Å²) in [6.45, 7) is 0.0954. The fourth-order valence-corrected chi connectivity index (χ4v) is 2.38. The molecule has 0 bridgehead atoms. The lowest BCUT2D eigenvalue weighted by molar-refractivity contribution is 0.0924. The number of benzene rings is 1. The number of hydrogen-bond acceptors (Lipinski definition) is 5. The average molecular weight is 287 g/mol. The van der Waals surface area contributed by atoms with Gasteiger partial charge in [0.05, 0.1) is 0 Å². The highest BCUT2D eigenvalue weighted by molar-refractivity contribution is 5.94. The van der Waals surface area contributed by atoms with Crippen molar-refractivity contribution < 1.29 is 14.4 Å². The minimum Gasteiger partial charge on any atom is -0.396 e. The summed E-state index contributed by atoms with van der Waals surface area (Å²) in [5.41, 5.74) is 1.39. The maximum atomic E-state index is 12.2. The molecule has 6 heteroatoms. The summed E-state index contributed by atoms with van der Waals surface area (Å²) in [5.74, 6) is 0.901. The number of hydrogen-bond donors (Lipinski definition) is 2. The van der Waals surface area contributed by atoms with Crippen LogP contribution in [0.2, 0.25) is 0 Å². The van der Waals surface area contributed by atoms with Gasteiger partial charge < -0.3 is 14.9 Å². The van der Waals surface area contributed by atoms with Crippen LogP contribution in [-0.2, 0) is 0 Å². The second-order valence-electron chi connectivity index (χ2n) is 5.26. The monoisotopic (exact) mass is 287 g/mol. The number of aliphatic hydroxyl groups is 1. The second-order valence-corrected chi connectivity index (χ2v) is 5.26. The summed E-state index contributed by atoms with van der Waals surface area (Å²) in [6, 6.07) is 7.13. The van der Waals surface area contributed by atoms with Crippen molar-refractivity contribution in [3.05, 3.63) is 36.2 Å². The van der Waals surface area contributed by atoms with Crippen molar-refractivity contribution in [3.8, 4) is 11.4 Å². The molecule has 1 aromatic heterocycles. The first kappa shape index (κ1) is 13.8. The molecule has 0 spiro atoms. The molecule has 2 aromatic rings. The zero-order valence-corrected chi connectivity index (χ0v) is 11.5. The summed E-state index contributed by atoms with van der Waals surface area (Å²) in [6.07, 6.45) is 4.13. The highest BCUT2D eigenvalue weighted by Gasteiger charge is 2.31. The molecule has 0 radical (unpaired) electrons. The molecular weight excluding hydrogens is 270 g/mol. The topological polar surface area (TPSA) is 88.2 Å². The SMILES string of the molecule is O=C(NC(CCO)C1CC1)c1ccc(-c2ncon2)cc1. The number of nitrogens with one attached hydrogen (secondary N) is 1. The van der Waals surface area contributed by atoms with Crippen molar-refractivity contribution in [2.45, 2.75) is 25.3 Å². The van der Waals surface area contributed by atoms with Crippen molar-refractivity contribution in [1.82, 2.24) is 15.5 Å². The van der Waals surface area contributed by atoms with E-state index in [9.17, 15) is 4.79 Å². The Morgan fingerprint density at radius 2 is 2.14 bits per heavy atom. The third-order valence-corrected chi connectivity index (χ3v) is 3.71. The highest BCUT2D eigenvalue weighted by atomic mass is 16.5. The Labute approximate surface area is 122 Å². The van der Waals surface area contributed by atoms with Gasteiger partial charge in [0.25, 0.3) is 5.91 Å². The van der Waals surface area contributed by atoms with E-state index in [0.29, 0.717) is 23.7 Å². The van der Waals surface area contributed by atoms with E-state index in [2.05, 4.69) is 15.5 Å². The molecule has 1 atom stereocenters. The highest BCUT2D eigenvalue weighted by Crippen LogP contribution is 2.34. The fraction of sp³-hybridized carbons (Fsp3) is 0.400. The second kappa shape index (κ2) is 6.05. The van der Waals surface area contributed by atoms with Crippen LogP contribution in [0.5, 0.6) is 0 Å². The van der Waals surface area contributed by atoms with Crippen molar-refractivity contribution in [3.63, 3.8) is 0 Å². The number of carbonyl (C=O) groups is 1. The Morgan fingerprint density at radius 3 is 2.71 bits per heavy atom. The summed E-state index contributed by atoms with van der Waals surface area (Å²) < 4.78 is 4.70. The van der Waals surface area contributed by atoms with Gasteiger partial charge >= 0.3 is 0 Å². The molecule has 1 amide bonds. The minimum atomic E-state index is -0.111. The van der Waals surface area contributed by atoms with Gasteiger partial charge in [0, 0.05) is 23.8 Å². The zero-order chi connectivity index (χ0) is 14.7. The maximum Gasteiger partial charge on any atom is 0.251 e. The summed E-state index contributed by atoms with van der Waals surface area (Å²) in [7, 11) is 0. The standard InChI is InChI=1S/C15H17N3O3/c19-8-7-13(10-1-2-10)17-15(20)12-5-3-11(4-6-12)14-16-9-21-18-14/h3-6,9-10,13,19H,1-2,7-8H2,(H,17,20). The van der Waals surface area contributed by atoms with E-state index in [1.807, 2.05) is 0 Å². The first-order valence-corrected chi connectivity index (χ1v) is 7.06. The average Bonchev–Trinajstić information content (AvgIpc) is 3.21. The van der Waals surface area contributed by atoms with Gasteiger partial charge in [-0.05, 0) is 37.3 Å². The van der Waals surface area contributed by atoms with Crippen molar-refractivity contribution >= 4 is 5.91 Å². The van der Waals surface area contributed by atoms with Gasteiger partial charge in [0.2, 0.25) is 12.2 Å². The summed E-state index contributed by atoms with van der Waals surface area (Å²) >= 11 is 0. The smallest absolute Gasteiger partial charge is 0.251 e. The predicted molar refractivity (Wildman–Crippen MR) is 75.4 cm³/mol. The van der Waals surface area contributed by atoms with E-state index in [0.717, 1.165) is 18.4 Å². The van der Waals surface area contributed by atoms with Gasteiger partial charge in [-0.2, -0.15) is 4.98 Å². The summed E-state index contributed by atoms with van der Waals surface area (Å²) in [5, 5.41) is 15.8. The number of aliphatic hydroxyl groups excluding tert-OH is 1.